The number of rotatable bonds is 3. The van der Waals surface area contributed by atoms with E-state index in [0.717, 1.165) is 39.8 Å². The molecule has 1 aliphatic rings. The average Bonchev–Trinajstić information content (AvgIpc) is 2.94. The molecule has 0 radical (unpaired) electrons. The van der Waals surface area contributed by atoms with Gasteiger partial charge < -0.3 is 4.74 Å². The van der Waals surface area contributed by atoms with Crippen molar-refractivity contribution in [2.75, 3.05) is 0 Å². The highest BCUT2D eigenvalue weighted by molar-refractivity contribution is 7.25. The van der Waals surface area contributed by atoms with E-state index in [1.54, 1.807) is 17.0 Å². The zero-order valence-corrected chi connectivity index (χ0v) is 14.7. The van der Waals surface area contributed by atoms with Gasteiger partial charge in [0, 0.05) is 23.9 Å². The van der Waals surface area contributed by atoms with Crippen LogP contribution in [0.4, 0.5) is 0 Å². The van der Waals surface area contributed by atoms with E-state index in [0.29, 0.717) is 17.9 Å². The van der Waals surface area contributed by atoms with Gasteiger partial charge in [-0.2, -0.15) is 0 Å². The highest BCUT2D eigenvalue weighted by Crippen LogP contribution is 2.35. The van der Waals surface area contributed by atoms with Gasteiger partial charge in [0.2, 0.25) is 0 Å². The monoisotopic (exact) mass is 341 g/mol. The van der Waals surface area contributed by atoms with Crippen LogP contribution in [0, 0.1) is 0 Å². The Hall–Kier alpha value is -2.05. The smallest absolute Gasteiger partial charge is 0.271 e. The molecule has 4 rings (SSSR count). The van der Waals surface area contributed by atoms with Gasteiger partial charge >= 0.3 is 0 Å². The average molecular weight is 341 g/mol. The largest absolute Gasteiger partial charge is 0.370 e. The molecule has 1 atom stereocenters. The SMILES string of the molecule is C=CCn1cnc2c(sc3nc4c(cc32)COC(C)(CC)C4)c1=O. The Morgan fingerprint density at radius 1 is 1.54 bits per heavy atom. The quantitative estimate of drug-likeness (QED) is 0.685. The van der Waals surface area contributed by atoms with Crippen LogP contribution in [0.15, 0.2) is 29.8 Å². The van der Waals surface area contributed by atoms with Crippen LogP contribution in [0.1, 0.15) is 31.5 Å². The molecule has 0 saturated carbocycles. The number of nitrogens with zero attached hydrogens (tertiary/aromatic N) is 3. The van der Waals surface area contributed by atoms with E-state index in [1.807, 2.05) is 0 Å². The second-order valence-electron chi connectivity index (χ2n) is 6.49. The van der Waals surface area contributed by atoms with Crippen molar-refractivity contribution in [1.29, 1.82) is 0 Å². The molecule has 24 heavy (non-hydrogen) atoms. The van der Waals surface area contributed by atoms with Gasteiger partial charge in [-0.05, 0) is 19.4 Å². The fourth-order valence-corrected chi connectivity index (χ4v) is 4.18. The van der Waals surface area contributed by atoms with E-state index >= 15 is 0 Å². The van der Waals surface area contributed by atoms with E-state index in [4.69, 9.17) is 9.72 Å². The molecule has 0 bridgehead atoms. The van der Waals surface area contributed by atoms with Gasteiger partial charge in [0.05, 0.1) is 29.7 Å². The standard InChI is InChI=1S/C18H19N3O2S/c1-4-6-21-10-19-14-12-7-11-9-23-18(3,5-2)8-13(11)20-16(12)24-15(14)17(21)22/h4,7,10H,1,5-6,8-9H2,2-3H3. The van der Waals surface area contributed by atoms with E-state index in [2.05, 4.69) is 31.5 Å². The van der Waals surface area contributed by atoms with Crippen molar-refractivity contribution >= 4 is 31.8 Å². The maximum Gasteiger partial charge on any atom is 0.271 e. The molecule has 1 aliphatic heterocycles. The normalized spacial score (nSPS) is 20.4. The minimum Gasteiger partial charge on any atom is -0.370 e. The Balaban J connectivity index is 1.93. The molecule has 0 spiro atoms. The summed E-state index contributed by atoms with van der Waals surface area (Å²) in [7, 11) is 0. The van der Waals surface area contributed by atoms with Crippen LogP contribution in [-0.2, 0) is 24.3 Å². The van der Waals surface area contributed by atoms with Crippen LogP contribution < -0.4 is 5.56 Å². The lowest BCUT2D eigenvalue weighted by Crippen LogP contribution is -2.35. The molecule has 0 aromatic carbocycles. The Kier molecular flexibility index (Phi) is 3.54. The summed E-state index contributed by atoms with van der Waals surface area (Å²) < 4.78 is 8.25. The first-order valence-electron chi connectivity index (χ1n) is 8.10. The number of aromatic nitrogens is 3. The number of fused-ring (bicyclic) bond motifs is 4. The van der Waals surface area contributed by atoms with Gasteiger partial charge in [0.25, 0.3) is 5.56 Å². The van der Waals surface area contributed by atoms with Crippen LogP contribution in [-0.4, -0.2) is 20.1 Å². The molecule has 0 saturated heterocycles. The Morgan fingerprint density at radius 2 is 2.38 bits per heavy atom. The third-order valence-electron chi connectivity index (χ3n) is 4.80. The number of hydrogen-bond donors (Lipinski definition) is 0. The first-order chi connectivity index (χ1) is 11.5. The lowest BCUT2D eigenvalue weighted by Gasteiger charge is -2.33. The zero-order chi connectivity index (χ0) is 16.9. The Morgan fingerprint density at radius 3 is 3.12 bits per heavy atom. The minimum absolute atomic E-state index is 0.0319. The van der Waals surface area contributed by atoms with Gasteiger partial charge in [-0.25, -0.2) is 9.97 Å². The van der Waals surface area contributed by atoms with Gasteiger partial charge in [0.1, 0.15) is 9.53 Å². The third-order valence-corrected chi connectivity index (χ3v) is 5.87. The maximum atomic E-state index is 12.6. The zero-order valence-electron chi connectivity index (χ0n) is 13.8. The molecule has 0 N–H and O–H groups in total. The number of thiophene rings is 1. The lowest BCUT2D eigenvalue weighted by molar-refractivity contribution is -0.0573. The fourth-order valence-electron chi connectivity index (χ4n) is 3.10. The molecule has 3 aromatic rings. The molecular weight excluding hydrogens is 322 g/mol. The highest BCUT2D eigenvalue weighted by atomic mass is 32.1. The highest BCUT2D eigenvalue weighted by Gasteiger charge is 2.30. The van der Waals surface area contributed by atoms with Crippen molar-refractivity contribution in [3.05, 3.63) is 46.7 Å². The van der Waals surface area contributed by atoms with Crippen LogP contribution in [0.3, 0.4) is 0 Å². The molecule has 1 unspecified atom stereocenters. The molecule has 6 heteroatoms. The van der Waals surface area contributed by atoms with Crippen LogP contribution in [0.5, 0.6) is 0 Å². The minimum atomic E-state index is -0.153. The van der Waals surface area contributed by atoms with Crippen molar-refractivity contribution in [1.82, 2.24) is 14.5 Å². The second-order valence-corrected chi connectivity index (χ2v) is 7.49. The van der Waals surface area contributed by atoms with Crippen molar-refractivity contribution in [3.63, 3.8) is 0 Å². The van der Waals surface area contributed by atoms with E-state index in [-0.39, 0.29) is 11.2 Å². The number of hydrogen-bond acceptors (Lipinski definition) is 5. The number of allylic oxidation sites excluding steroid dienone is 1. The predicted molar refractivity (Wildman–Crippen MR) is 96.6 cm³/mol. The first kappa shape index (κ1) is 15.5. The van der Waals surface area contributed by atoms with Crippen LogP contribution in [0.25, 0.3) is 20.4 Å². The van der Waals surface area contributed by atoms with E-state index < -0.39 is 0 Å². The van der Waals surface area contributed by atoms with Gasteiger partial charge in [-0.1, -0.05) is 13.0 Å². The van der Waals surface area contributed by atoms with E-state index in [9.17, 15) is 4.79 Å². The second kappa shape index (κ2) is 5.50. The summed E-state index contributed by atoms with van der Waals surface area (Å²) in [4.78, 5) is 22.8. The topological polar surface area (TPSA) is 57.0 Å². The van der Waals surface area contributed by atoms with Crippen molar-refractivity contribution < 1.29 is 4.74 Å². The Labute approximate surface area is 143 Å². The summed E-state index contributed by atoms with van der Waals surface area (Å²) in [6.07, 6.45) is 5.04. The van der Waals surface area contributed by atoms with Crippen molar-refractivity contribution in [3.8, 4) is 0 Å². The molecule has 0 fully saturated rings. The van der Waals surface area contributed by atoms with Gasteiger partial charge in [-0.15, -0.1) is 17.9 Å². The van der Waals surface area contributed by atoms with Crippen LogP contribution >= 0.6 is 11.3 Å². The molecule has 5 nitrogen and oxygen atoms in total. The van der Waals surface area contributed by atoms with Gasteiger partial charge in [0.15, 0.2) is 0 Å². The summed E-state index contributed by atoms with van der Waals surface area (Å²) in [6.45, 7) is 8.97. The molecular formula is C18H19N3O2S. The summed E-state index contributed by atoms with van der Waals surface area (Å²) in [5.74, 6) is 0. The van der Waals surface area contributed by atoms with E-state index in [1.165, 1.54) is 11.3 Å². The summed E-state index contributed by atoms with van der Waals surface area (Å²) in [5, 5.41) is 0.945. The van der Waals surface area contributed by atoms with Gasteiger partial charge in [-0.3, -0.25) is 9.36 Å². The van der Waals surface area contributed by atoms with Crippen LogP contribution in [0.2, 0.25) is 0 Å². The summed E-state index contributed by atoms with van der Waals surface area (Å²) in [5.41, 5.74) is 2.73. The lowest BCUT2D eigenvalue weighted by atomic mass is 9.91. The molecule has 124 valence electrons. The summed E-state index contributed by atoms with van der Waals surface area (Å²) >= 11 is 1.43. The first-order valence-corrected chi connectivity index (χ1v) is 8.91. The Bertz CT molecular complexity index is 1020. The molecule has 0 amide bonds. The third kappa shape index (κ3) is 2.29. The molecule has 3 aromatic heterocycles. The fraction of sp³-hybridized carbons (Fsp3) is 0.389. The molecule has 0 aliphatic carbocycles. The molecule has 4 heterocycles. The summed E-state index contributed by atoms with van der Waals surface area (Å²) in [6, 6.07) is 2.09. The maximum absolute atomic E-state index is 12.6. The number of pyridine rings is 1. The predicted octanol–water partition coefficient (Wildman–Crippen LogP) is 3.43. The number of ether oxygens (including phenoxy) is 1. The van der Waals surface area contributed by atoms with Crippen molar-refractivity contribution in [2.24, 2.45) is 0 Å². The van der Waals surface area contributed by atoms with Crippen molar-refractivity contribution in [2.45, 2.75) is 45.4 Å².